The molecule has 1 aliphatic heterocycles. The van der Waals surface area contributed by atoms with Crippen LogP contribution < -0.4 is 10.3 Å². The Kier molecular flexibility index (Phi) is 4.49. The van der Waals surface area contributed by atoms with Gasteiger partial charge in [-0.15, -0.1) is 0 Å². The van der Waals surface area contributed by atoms with Crippen molar-refractivity contribution in [2.24, 2.45) is 0 Å². The van der Waals surface area contributed by atoms with E-state index in [-0.39, 0.29) is 16.8 Å². The lowest BCUT2D eigenvalue weighted by Gasteiger charge is -2.24. The Hall–Kier alpha value is -2.96. The highest BCUT2D eigenvalue weighted by atomic mass is 79.9. The van der Waals surface area contributed by atoms with E-state index in [0.29, 0.717) is 27.4 Å². The lowest BCUT2D eigenvalue weighted by molar-refractivity contribution is 0.0970. The molecule has 0 saturated heterocycles. The molecule has 0 bridgehead atoms. The Morgan fingerprint density at radius 2 is 1.93 bits per heavy atom. The van der Waals surface area contributed by atoms with Gasteiger partial charge in [0.1, 0.15) is 11.4 Å². The number of nitrogens with zero attached hydrogens (tertiary/aromatic N) is 2. The van der Waals surface area contributed by atoms with Gasteiger partial charge < -0.3 is 4.42 Å². The van der Waals surface area contributed by atoms with Crippen molar-refractivity contribution in [2.75, 3.05) is 4.90 Å². The molecule has 1 unspecified atom stereocenters. The van der Waals surface area contributed by atoms with Crippen LogP contribution in [0.1, 0.15) is 33.3 Å². The molecule has 0 radical (unpaired) electrons. The van der Waals surface area contributed by atoms with Crippen LogP contribution in [0.15, 0.2) is 74.5 Å². The third-order valence-corrected chi connectivity index (χ3v) is 5.87. The lowest BCUT2D eigenvalue weighted by atomic mass is 9.98. The van der Waals surface area contributed by atoms with E-state index in [2.05, 4.69) is 20.9 Å². The number of aryl methyl sites for hydroxylation is 1. The van der Waals surface area contributed by atoms with Crippen LogP contribution in [0.3, 0.4) is 0 Å². The SMILES string of the molecule is Cc1ccc(N2C(=O)c3oc4ccc(Br)cc4c(=O)c3C2c2cccc(Cl)c2)nc1. The summed E-state index contributed by atoms with van der Waals surface area (Å²) in [5.41, 5.74) is 2.07. The molecule has 5 rings (SSSR count). The highest BCUT2D eigenvalue weighted by Crippen LogP contribution is 2.41. The van der Waals surface area contributed by atoms with Gasteiger partial charge >= 0.3 is 0 Å². The number of fused-ring (bicyclic) bond motifs is 2. The number of aromatic nitrogens is 1. The van der Waals surface area contributed by atoms with E-state index in [1.54, 1.807) is 48.7 Å². The fraction of sp³-hybridized carbons (Fsp3) is 0.0870. The number of anilines is 1. The third-order valence-electron chi connectivity index (χ3n) is 5.14. The molecule has 0 fully saturated rings. The fourth-order valence-corrected chi connectivity index (χ4v) is 4.34. The minimum absolute atomic E-state index is 0.0298. The van der Waals surface area contributed by atoms with Gasteiger partial charge in [0.25, 0.3) is 5.91 Å². The van der Waals surface area contributed by atoms with Crippen molar-refractivity contribution in [3.63, 3.8) is 0 Å². The molecule has 0 N–H and O–H groups in total. The van der Waals surface area contributed by atoms with Gasteiger partial charge in [0.05, 0.1) is 17.0 Å². The predicted octanol–water partition coefficient (Wildman–Crippen LogP) is 5.66. The highest BCUT2D eigenvalue weighted by Gasteiger charge is 2.44. The smallest absolute Gasteiger partial charge is 0.296 e. The van der Waals surface area contributed by atoms with Crippen molar-refractivity contribution in [1.82, 2.24) is 4.98 Å². The number of carbonyl (C=O) groups is 1. The molecule has 2 aromatic heterocycles. The maximum atomic E-state index is 13.5. The Bertz CT molecular complexity index is 1380. The van der Waals surface area contributed by atoms with Crippen molar-refractivity contribution in [2.45, 2.75) is 13.0 Å². The first-order valence-electron chi connectivity index (χ1n) is 9.22. The summed E-state index contributed by atoms with van der Waals surface area (Å²) in [6.45, 7) is 1.92. The second-order valence-corrected chi connectivity index (χ2v) is 8.49. The zero-order chi connectivity index (χ0) is 21.0. The van der Waals surface area contributed by atoms with Gasteiger partial charge in [0.2, 0.25) is 5.76 Å². The highest BCUT2D eigenvalue weighted by molar-refractivity contribution is 9.10. The molecule has 1 amide bonds. The largest absolute Gasteiger partial charge is 0.450 e. The van der Waals surface area contributed by atoms with Crippen LogP contribution in [0.4, 0.5) is 5.82 Å². The van der Waals surface area contributed by atoms with Gasteiger partial charge in [-0.2, -0.15) is 0 Å². The van der Waals surface area contributed by atoms with Gasteiger partial charge in [-0.1, -0.05) is 45.7 Å². The Morgan fingerprint density at radius 1 is 1.10 bits per heavy atom. The first-order chi connectivity index (χ1) is 14.4. The first kappa shape index (κ1) is 19.0. The molecule has 1 atom stereocenters. The number of benzene rings is 2. The molecule has 4 aromatic rings. The third kappa shape index (κ3) is 2.95. The summed E-state index contributed by atoms with van der Waals surface area (Å²) >= 11 is 9.63. The molecule has 0 spiro atoms. The Morgan fingerprint density at radius 3 is 2.67 bits per heavy atom. The number of carbonyl (C=O) groups excluding carboxylic acids is 1. The van der Waals surface area contributed by atoms with Gasteiger partial charge in [-0.05, 0) is 54.4 Å². The van der Waals surface area contributed by atoms with E-state index in [4.69, 9.17) is 16.0 Å². The van der Waals surface area contributed by atoms with Crippen molar-refractivity contribution in [1.29, 1.82) is 0 Å². The maximum absolute atomic E-state index is 13.5. The predicted molar refractivity (Wildman–Crippen MR) is 119 cm³/mol. The number of pyridine rings is 1. The van der Waals surface area contributed by atoms with E-state index in [0.717, 1.165) is 10.0 Å². The monoisotopic (exact) mass is 480 g/mol. The van der Waals surface area contributed by atoms with Crippen LogP contribution in [-0.2, 0) is 0 Å². The minimum atomic E-state index is -0.693. The van der Waals surface area contributed by atoms with E-state index < -0.39 is 11.9 Å². The molecule has 1 aliphatic rings. The standard InChI is InChI=1S/C23H14BrClN2O3/c1-12-5-8-18(26-11-12)27-20(13-3-2-4-15(25)9-13)19-21(28)16-10-14(24)6-7-17(16)30-22(19)23(27)29/h2-11,20H,1H3. The topological polar surface area (TPSA) is 63.4 Å². The first-order valence-corrected chi connectivity index (χ1v) is 10.4. The summed E-state index contributed by atoms with van der Waals surface area (Å²) in [7, 11) is 0. The quantitative estimate of drug-likeness (QED) is 0.370. The van der Waals surface area contributed by atoms with Gasteiger partial charge in [-0.25, -0.2) is 4.98 Å². The van der Waals surface area contributed by atoms with Gasteiger partial charge in [0, 0.05) is 15.7 Å². The summed E-state index contributed by atoms with van der Waals surface area (Å²) in [5.74, 6) is 0.0574. The molecule has 5 nitrogen and oxygen atoms in total. The Labute approximate surface area is 185 Å². The number of rotatable bonds is 2. The summed E-state index contributed by atoms with van der Waals surface area (Å²) in [6, 6.07) is 15.2. The van der Waals surface area contributed by atoms with Crippen molar-refractivity contribution in [3.05, 3.63) is 103 Å². The number of halogens is 2. The number of hydrogen-bond donors (Lipinski definition) is 0. The summed E-state index contributed by atoms with van der Waals surface area (Å²) in [4.78, 5) is 32.9. The molecule has 30 heavy (non-hydrogen) atoms. The molecular weight excluding hydrogens is 468 g/mol. The van der Waals surface area contributed by atoms with Crippen LogP contribution in [0.25, 0.3) is 11.0 Å². The second kappa shape index (κ2) is 7.07. The van der Waals surface area contributed by atoms with E-state index in [1.165, 1.54) is 4.90 Å². The molecular formula is C23H14BrClN2O3. The molecule has 0 saturated carbocycles. The van der Waals surface area contributed by atoms with Crippen LogP contribution in [0, 0.1) is 6.92 Å². The average molecular weight is 482 g/mol. The molecule has 0 aliphatic carbocycles. The lowest BCUT2D eigenvalue weighted by Crippen LogP contribution is -2.30. The van der Waals surface area contributed by atoms with Crippen LogP contribution in [0.5, 0.6) is 0 Å². The molecule has 3 heterocycles. The van der Waals surface area contributed by atoms with Crippen molar-refractivity contribution >= 4 is 50.2 Å². The van der Waals surface area contributed by atoms with Crippen LogP contribution in [0.2, 0.25) is 5.02 Å². The maximum Gasteiger partial charge on any atom is 0.296 e. The van der Waals surface area contributed by atoms with Crippen molar-refractivity contribution in [3.8, 4) is 0 Å². The van der Waals surface area contributed by atoms with Crippen LogP contribution in [-0.4, -0.2) is 10.9 Å². The second-order valence-electron chi connectivity index (χ2n) is 7.14. The van der Waals surface area contributed by atoms with Crippen LogP contribution >= 0.6 is 27.5 Å². The summed E-state index contributed by atoms with van der Waals surface area (Å²) in [5, 5.41) is 0.916. The number of amides is 1. The fourth-order valence-electron chi connectivity index (χ4n) is 3.78. The zero-order valence-corrected chi connectivity index (χ0v) is 18.1. The number of hydrogen-bond acceptors (Lipinski definition) is 4. The summed E-state index contributed by atoms with van der Waals surface area (Å²) < 4.78 is 6.69. The zero-order valence-electron chi connectivity index (χ0n) is 15.7. The molecule has 7 heteroatoms. The Balaban J connectivity index is 1.83. The molecule has 2 aromatic carbocycles. The average Bonchev–Trinajstić information content (AvgIpc) is 3.02. The van der Waals surface area contributed by atoms with E-state index in [1.807, 2.05) is 19.1 Å². The minimum Gasteiger partial charge on any atom is -0.450 e. The normalized spacial score (nSPS) is 15.6. The van der Waals surface area contributed by atoms with E-state index in [9.17, 15) is 9.59 Å². The van der Waals surface area contributed by atoms with E-state index >= 15 is 0 Å². The van der Waals surface area contributed by atoms with Crippen molar-refractivity contribution < 1.29 is 9.21 Å². The summed E-state index contributed by atoms with van der Waals surface area (Å²) in [6.07, 6.45) is 1.68. The van der Waals surface area contributed by atoms with Gasteiger partial charge in [-0.3, -0.25) is 14.5 Å². The molecule has 148 valence electrons. The van der Waals surface area contributed by atoms with Gasteiger partial charge in [0.15, 0.2) is 5.43 Å².